The van der Waals surface area contributed by atoms with Crippen LogP contribution in [0.5, 0.6) is 0 Å². The van der Waals surface area contributed by atoms with Crippen LogP contribution in [0, 0.1) is 0 Å². The van der Waals surface area contributed by atoms with E-state index in [1.807, 2.05) is 6.92 Å². The van der Waals surface area contributed by atoms with Gasteiger partial charge in [0.25, 0.3) is 0 Å². The Hall–Kier alpha value is -0.169. The average Bonchev–Trinajstić information content (AvgIpc) is 2.64. The molecule has 0 unspecified atom stereocenters. The molecular weight excluding hydrogens is 517 g/mol. The van der Waals surface area contributed by atoms with Crippen LogP contribution < -0.4 is 0 Å². The molecule has 0 spiro atoms. The summed E-state index contributed by atoms with van der Waals surface area (Å²) in [7, 11) is -6.79. The summed E-state index contributed by atoms with van der Waals surface area (Å²) >= 11 is 0. The van der Waals surface area contributed by atoms with Crippen LogP contribution in [0.25, 0.3) is 0 Å². The van der Waals surface area contributed by atoms with Crippen molar-refractivity contribution >= 4 is 36.5 Å². The molecule has 0 aromatic heterocycles. The Morgan fingerprint density at radius 1 is 0.649 bits per heavy atom. The van der Waals surface area contributed by atoms with Crippen molar-refractivity contribution in [1.29, 1.82) is 0 Å². The number of Topliss-reactive ketones (excluding diaryl/α,β-unsaturated/α-hetero) is 2. The van der Waals surface area contributed by atoms with Crippen molar-refractivity contribution in [2.24, 2.45) is 0 Å². The molecule has 6 nitrogen and oxygen atoms in total. The molecule has 1 rings (SSSR count). The van der Waals surface area contributed by atoms with E-state index >= 15 is 0 Å². The molecule has 1 aliphatic rings. The molecule has 0 amide bonds. The fourth-order valence-electron chi connectivity index (χ4n) is 3.58. The molecule has 1 aliphatic heterocycles. The van der Waals surface area contributed by atoms with Gasteiger partial charge in [-0.2, -0.15) is 0 Å². The molecule has 0 aromatic rings. The second kappa shape index (κ2) is 11.4. The van der Waals surface area contributed by atoms with Gasteiger partial charge in [-0.15, -0.1) is 0 Å². The SMILES string of the molecule is CC(=O)C(=O)C[C@@H]1O[C@@H](C)[C@H](O[Si](C)(C)C(C)(C)C)[C@@H](O[Si](C)(C)C(C)(C)C)[C@H]1O[Si](C)(C)C(C)(C)C. The second-order valence-electron chi connectivity index (χ2n) is 15.6. The number of ether oxygens (including phenoxy) is 1. The molecule has 1 saturated heterocycles. The van der Waals surface area contributed by atoms with Gasteiger partial charge in [0.1, 0.15) is 0 Å². The first kappa shape index (κ1) is 34.9. The van der Waals surface area contributed by atoms with Crippen LogP contribution in [0.2, 0.25) is 54.4 Å². The fourth-order valence-corrected chi connectivity index (χ4v) is 7.56. The predicted octanol–water partition coefficient (Wildman–Crippen LogP) is 7.49. The maximum absolute atomic E-state index is 12.7. The van der Waals surface area contributed by atoms with Gasteiger partial charge in [0.15, 0.2) is 30.7 Å². The van der Waals surface area contributed by atoms with Gasteiger partial charge in [0, 0.05) is 13.3 Å². The molecule has 0 N–H and O–H groups in total. The lowest BCUT2D eigenvalue weighted by Gasteiger charge is -2.54. The first-order chi connectivity index (χ1) is 16.1. The molecule has 0 saturated carbocycles. The van der Waals surface area contributed by atoms with E-state index in [0.29, 0.717) is 0 Å². The molecule has 5 atom stereocenters. The van der Waals surface area contributed by atoms with E-state index in [0.717, 1.165) is 0 Å². The first-order valence-electron chi connectivity index (χ1n) is 13.9. The molecule has 0 radical (unpaired) electrons. The van der Waals surface area contributed by atoms with E-state index in [9.17, 15) is 9.59 Å². The lowest BCUT2D eigenvalue weighted by Crippen LogP contribution is -2.67. The van der Waals surface area contributed by atoms with Crippen molar-refractivity contribution in [3.63, 3.8) is 0 Å². The number of ketones is 2. The highest BCUT2D eigenvalue weighted by Gasteiger charge is 2.55. The van der Waals surface area contributed by atoms with Gasteiger partial charge in [-0.1, -0.05) is 62.3 Å². The van der Waals surface area contributed by atoms with Gasteiger partial charge < -0.3 is 18.0 Å². The number of rotatable bonds is 9. The molecular formula is C28H58O6Si3. The Morgan fingerprint density at radius 3 is 1.30 bits per heavy atom. The third-order valence-electron chi connectivity index (χ3n) is 9.36. The van der Waals surface area contributed by atoms with E-state index in [1.54, 1.807) is 0 Å². The normalized spacial score (nSPS) is 26.8. The summed E-state index contributed by atoms with van der Waals surface area (Å²) < 4.78 is 27.8. The Kier molecular flexibility index (Phi) is 10.7. The summed E-state index contributed by atoms with van der Waals surface area (Å²) in [4.78, 5) is 24.7. The summed E-state index contributed by atoms with van der Waals surface area (Å²) in [5.74, 6) is -0.889. The zero-order chi connectivity index (χ0) is 29.6. The molecule has 0 aliphatic carbocycles. The average molecular weight is 575 g/mol. The van der Waals surface area contributed by atoms with Crippen molar-refractivity contribution in [1.82, 2.24) is 0 Å². The third-order valence-corrected chi connectivity index (χ3v) is 22.8. The van der Waals surface area contributed by atoms with Crippen molar-refractivity contribution < 1.29 is 27.6 Å². The highest BCUT2D eigenvalue weighted by molar-refractivity contribution is 6.75. The highest BCUT2D eigenvalue weighted by Crippen LogP contribution is 2.46. The summed E-state index contributed by atoms with van der Waals surface area (Å²) in [5.41, 5.74) is 0. The van der Waals surface area contributed by atoms with Crippen LogP contribution >= 0.6 is 0 Å². The second-order valence-corrected chi connectivity index (χ2v) is 29.9. The molecule has 1 fully saturated rings. The van der Waals surface area contributed by atoms with E-state index in [1.165, 1.54) is 6.92 Å². The zero-order valence-corrected chi connectivity index (χ0v) is 30.0. The summed E-state index contributed by atoms with van der Waals surface area (Å²) in [6.45, 7) is 36.7. The van der Waals surface area contributed by atoms with Crippen molar-refractivity contribution in [2.75, 3.05) is 0 Å². The summed E-state index contributed by atoms with van der Waals surface area (Å²) in [5, 5.41) is -0.0731. The zero-order valence-electron chi connectivity index (χ0n) is 27.0. The predicted molar refractivity (Wildman–Crippen MR) is 161 cm³/mol. The van der Waals surface area contributed by atoms with Crippen LogP contribution in [-0.4, -0.2) is 67.0 Å². The van der Waals surface area contributed by atoms with E-state index in [2.05, 4.69) is 102 Å². The Morgan fingerprint density at radius 2 is 0.973 bits per heavy atom. The van der Waals surface area contributed by atoms with Gasteiger partial charge in [-0.05, 0) is 61.3 Å². The third kappa shape index (κ3) is 8.41. The van der Waals surface area contributed by atoms with Gasteiger partial charge in [-0.25, -0.2) is 0 Å². The van der Waals surface area contributed by atoms with Gasteiger partial charge in [0.2, 0.25) is 5.78 Å². The summed E-state index contributed by atoms with van der Waals surface area (Å²) in [6, 6.07) is 0. The van der Waals surface area contributed by atoms with Crippen LogP contribution in [0.15, 0.2) is 0 Å². The van der Waals surface area contributed by atoms with Crippen molar-refractivity contribution in [3.8, 4) is 0 Å². The number of hydrogen-bond acceptors (Lipinski definition) is 6. The van der Waals surface area contributed by atoms with Gasteiger partial charge in [0.05, 0.1) is 30.5 Å². The van der Waals surface area contributed by atoms with Crippen molar-refractivity contribution in [2.45, 2.75) is 167 Å². The molecule has 0 aromatic carbocycles. The van der Waals surface area contributed by atoms with Crippen molar-refractivity contribution in [3.05, 3.63) is 0 Å². The lowest BCUT2D eigenvalue weighted by atomic mass is 9.92. The lowest BCUT2D eigenvalue weighted by molar-refractivity contribution is -0.205. The fraction of sp³-hybridized carbons (Fsp3) is 0.929. The van der Waals surface area contributed by atoms with Gasteiger partial charge >= 0.3 is 0 Å². The molecule has 1 heterocycles. The Bertz CT molecular complexity index is 817. The maximum atomic E-state index is 12.7. The molecule has 37 heavy (non-hydrogen) atoms. The van der Waals surface area contributed by atoms with Crippen LogP contribution in [0.3, 0.4) is 0 Å². The monoisotopic (exact) mass is 574 g/mol. The van der Waals surface area contributed by atoms with E-state index in [4.69, 9.17) is 18.0 Å². The minimum Gasteiger partial charge on any atom is -0.409 e. The standard InChI is InChI=1S/C28H58O6Si3/c1-19(29)21(30)18-22-24(33-36(14,15)27(6,7)8)25(34-37(16,17)28(9,10)11)23(20(2)31-22)32-35(12,13)26(3,4)5/h20,22-25H,18H2,1-17H3/t20-,22-,23-,24-,25+/m0/s1. The van der Waals surface area contributed by atoms with E-state index < -0.39 is 54.8 Å². The molecule has 9 heteroatoms. The van der Waals surface area contributed by atoms with Gasteiger partial charge in [-0.3, -0.25) is 9.59 Å². The first-order valence-corrected chi connectivity index (χ1v) is 22.6. The summed E-state index contributed by atoms with van der Waals surface area (Å²) in [6.07, 6.45) is -2.15. The smallest absolute Gasteiger partial charge is 0.200 e. The van der Waals surface area contributed by atoms with Crippen LogP contribution in [0.1, 0.15) is 82.6 Å². The minimum atomic E-state index is -2.31. The van der Waals surface area contributed by atoms with E-state index in [-0.39, 0.29) is 33.7 Å². The maximum Gasteiger partial charge on any atom is 0.200 e. The molecule has 218 valence electrons. The van der Waals surface area contributed by atoms with Crippen LogP contribution in [-0.2, 0) is 27.6 Å². The molecule has 0 bridgehead atoms. The Labute approximate surface area is 231 Å². The highest BCUT2D eigenvalue weighted by atomic mass is 28.4. The topological polar surface area (TPSA) is 71.1 Å². The number of carbonyl (C=O) groups is 2. The number of carbonyl (C=O) groups excluding carboxylic acids is 2. The van der Waals surface area contributed by atoms with Crippen LogP contribution in [0.4, 0.5) is 0 Å². The minimum absolute atomic E-state index is 0.00543. The number of hydrogen-bond donors (Lipinski definition) is 0. The quantitative estimate of drug-likeness (QED) is 0.210. The largest absolute Gasteiger partial charge is 0.409 e. The Balaban J connectivity index is 3.75.